The number of aryl methyl sites for hydroxylation is 1. The van der Waals surface area contributed by atoms with E-state index in [0.717, 1.165) is 17.8 Å². The second kappa shape index (κ2) is 9.90. The first-order valence-corrected chi connectivity index (χ1v) is 9.99. The number of hydrogen-bond acceptors (Lipinski definition) is 7. The number of methoxy groups -OCH3 is 1. The van der Waals surface area contributed by atoms with Crippen molar-refractivity contribution in [3.63, 3.8) is 0 Å². The molecule has 0 fully saturated rings. The van der Waals surface area contributed by atoms with E-state index in [4.69, 9.17) is 11.6 Å². The molecule has 2 aromatic heterocycles. The summed E-state index contributed by atoms with van der Waals surface area (Å²) in [5.41, 5.74) is -1.10. The van der Waals surface area contributed by atoms with Gasteiger partial charge in [-0.25, -0.2) is 18.7 Å². The Hall–Kier alpha value is -2.66. The van der Waals surface area contributed by atoms with Gasteiger partial charge in [0.05, 0.1) is 23.8 Å². The van der Waals surface area contributed by atoms with Crippen LogP contribution in [-0.2, 0) is 21.4 Å². The number of pyridine rings is 1. The number of rotatable bonds is 7. The summed E-state index contributed by atoms with van der Waals surface area (Å²) in [6, 6.07) is 2.11. The lowest BCUT2D eigenvalue weighted by atomic mass is 10.4. The standard InChI is InChI=1S/C18H20ClFN4O5S/c1-9-7-13(25)24(18(28)23(9)3)15-12(20)8-11(19)17(22-15)30-10(2)16(27)21-6-5-14(26)29-4/h7-8,10H,5-6H2,1-4H3,(H,21,27). The minimum atomic E-state index is -0.956. The Balaban J connectivity index is 2.31. The number of ether oxygens (including phenoxy) is 1. The van der Waals surface area contributed by atoms with Crippen molar-refractivity contribution < 1.29 is 18.7 Å². The molecule has 1 N–H and O–H groups in total. The number of nitrogens with zero attached hydrogens (tertiary/aromatic N) is 3. The highest BCUT2D eigenvalue weighted by atomic mass is 35.5. The summed E-state index contributed by atoms with van der Waals surface area (Å²) in [5, 5.41) is 1.85. The van der Waals surface area contributed by atoms with Gasteiger partial charge in [0.15, 0.2) is 11.6 Å². The van der Waals surface area contributed by atoms with Gasteiger partial charge in [0.1, 0.15) is 5.03 Å². The van der Waals surface area contributed by atoms with Crippen LogP contribution in [0.3, 0.4) is 0 Å². The minimum absolute atomic E-state index is 0.0129. The van der Waals surface area contributed by atoms with Gasteiger partial charge < -0.3 is 14.6 Å². The Bertz CT molecular complexity index is 1100. The molecule has 0 aromatic carbocycles. The first-order valence-electron chi connectivity index (χ1n) is 8.74. The van der Waals surface area contributed by atoms with Gasteiger partial charge in [-0.1, -0.05) is 23.4 Å². The first kappa shape index (κ1) is 23.6. The Morgan fingerprint density at radius 1 is 1.37 bits per heavy atom. The number of hydrogen-bond donors (Lipinski definition) is 1. The van der Waals surface area contributed by atoms with E-state index in [1.807, 2.05) is 0 Å². The van der Waals surface area contributed by atoms with Gasteiger partial charge in [-0.05, 0) is 19.9 Å². The number of aromatic nitrogens is 3. The zero-order valence-corrected chi connectivity index (χ0v) is 18.3. The van der Waals surface area contributed by atoms with E-state index in [1.54, 1.807) is 13.8 Å². The van der Waals surface area contributed by atoms with Crippen LogP contribution >= 0.6 is 23.4 Å². The van der Waals surface area contributed by atoms with Crippen molar-refractivity contribution in [2.24, 2.45) is 7.05 Å². The number of amides is 1. The summed E-state index contributed by atoms with van der Waals surface area (Å²) in [4.78, 5) is 52.1. The van der Waals surface area contributed by atoms with Crippen LogP contribution < -0.4 is 16.6 Å². The monoisotopic (exact) mass is 458 g/mol. The summed E-state index contributed by atoms with van der Waals surface area (Å²) in [6.45, 7) is 3.22. The maximum Gasteiger partial charge on any atom is 0.336 e. The van der Waals surface area contributed by atoms with E-state index in [2.05, 4.69) is 15.0 Å². The van der Waals surface area contributed by atoms with Crippen LogP contribution in [0.1, 0.15) is 19.0 Å². The number of halogens is 2. The molecule has 1 unspecified atom stereocenters. The first-order chi connectivity index (χ1) is 14.1. The Kier molecular flexibility index (Phi) is 7.79. The number of nitrogens with one attached hydrogen (secondary N) is 1. The highest BCUT2D eigenvalue weighted by molar-refractivity contribution is 8.00. The lowest BCUT2D eigenvalue weighted by Crippen LogP contribution is -2.39. The predicted molar refractivity (Wildman–Crippen MR) is 110 cm³/mol. The van der Waals surface area contributed by atoms with E-state index in [-0.39, 0.29) is 23.0 Å². The number of esters is 1. The lowest BCUT2D eigenvalue weighted by molar-refractivity contribution is -0.140. The van der Waals surface area contributed by atoms with Gasteiger partial charge in [-0.2, -0.15) is 0 Å². The van der Waals surface area contributed by atoms with E-state index in [0.29, 0.717) is 10.3 Å². The van der Waals surface area contributed by atoms with Crippen molar-refractivity contribution >= 4 is 35.2 Å². The maximum absolute atomic E-state index is 14.5. The molecule has 162 valence electrons. The molecule has 30 heavy (non-hydrogen) atoms. The Labute approximate surface area is 180 Å². The van der Waals surface area contributed by atoms with E-state index >= 15 is 0 Å². The van der Waals surface area contributed by atoms with Crippen LogP contribution in [0, 0.1) is 12.7 Å². The van der Waals surface area contributed by atoms with Crippen LogP contribution in [0.2, 0.25) is 5.02 Å². The van der Waals surface area contributed by atoms with Crippen molar-refractivity contribution in [3.8, 4) is 5.82 Å². The molecule has 1 amide bonds. The predicted octanol–water partition coefficient (Wildman–Crippen LogP) is 1.19. The van der Waals surface area contributed by atoms with Crippen molar-refractivity contribution in [1.82, 2.24) is 19.4 Å². The fourth-order valence-corrected chi connectivity index (χ4v) is 3.47. The van der Waals surface area contributed by atoms with Gasteiger partial charge in [-0.15, -0.1) is 0 Å². The number of thioether (sulfide) groups is 1. The number of carbonyl (C=O) groups is 2. The highest BCUT2D eigenvalue weighted by Gasteiger charge is 2.21. The third-order valence-corrected chi connectivity index (χ3v) is 5.67. The van der Waals surface area contributed by atoms with Crippen molar-refractivity contribution in [1.29, 1.82) is 0 Å². The van der Waals surface area contributed by atoms with Gasteiger partial charge >= 0.3 is 11.7 Å². The SMILES string of the molecule is COC(=O)CCNC(=O)C(C)Sc1nc(-n2c(=O)cc(C)n(C)c2=O)c(F)cc1Cl. The number of carbonyl (C=O) groups excluding carboxylic acids is 2. The molecule has 2 heterocycles. The molecule has 9 nitrogen and oxygen atoms in total. The minimum Gasteiger partial charge on any atom is -0.469 e. The molecule has 1 atom stereocenters. The van der Waals surface area contributed by atoms with Crippen molar-refractivity contribution in [2.75, 3.05) is 13.7 Å². The molecule has 0 spiro atoms. The largest absolute Gasteiger partial charge is 0.469 e. The second-order valence-electron chi connectivity index (χ2n) is 6.26. The summed E-state index contributed by atoms with van der Waals surface area (Å²) in [5.74, 6) is -2.34. The summed E-state index contributed by atoms with van der Waals surface area (Å²) in [6.07, 6.45) is 0.0129. The summed E-state index contributed by atoms with van der Waals surface area (Å²) < 4.78 is 20.8. The molecular weight excluding hydrogens is 439 g/mol. The Morgan fingerprint density at radius 3 is 2.67 bits per heavy atom. The summed E-state index contributed by atoms with van der Waals surface area (Å²) >= 11 is 6.97. The molecule has 0 bridgehead atoms. The fraction of sp³-hybridized carbons (Fsp3) is 0.389. The van der Waals surface area contributed by atoms with Gasteiger partial charge in [-0.3, -0.25) is 14.4 Å². The molecule has 0 aliphatic carbocycles. The smallest absolute Gasteiger partial charge is 0.336 e. The van der Waals surface area contributed by atoms with Crippen molar-refractivity contribution in [3.05, 3.63) is 49.5 Å². The zero-order valence-electron chi connectivity index (χ0n) is 16.7. The molecule has 0 aliphatic rings. The van der Waals surface area contributed by atoms with Crippen LogP contribution in [-0.4, -0.2) is 44.9 Å². The molecule has 2 rings (SSSR count). The fourth-order valence-electron chi connectivity index (χ4n) is 2.36. The lowest BCUT2D eigenvalue weighted by Gasteiger charge is -2.14. The normalized spacial score (nSPS) is 11.8. The average Bonchev–Trinajstić information content (AvgIpc) is 2.69. The van der Waals surface area contributed by atoms with Crippen LogP contribution in [0.5, 0.6) is 0 Å². The molecule has 12 heteroatoms. The quantitative estimate of drug-likeness (QED) is 0.490. The molecule has 0 saturated carbocycles. The molecule has 0 saturated heterocycles. The van der Waals surface area contributed by atoms with E-state index < -0.39 is 40.0 Å². The van der Waals surface area contributed by atoms with Crippen LogP contribution in [0.15, 0.2) is 26.7 Å². The maximum atomic E-state index is 14.5. The zero-order chi connectivity index (χ0) is 22.6. The molecular formula is C18H20ClFN4O5S. The highest BCUT2D eigenvalue weighted by Crippen LogP contribution is 2.30. The third-order valence-electron chi connectivity index (χ3n) is 4.16. The van der Waals surface area contributed by atoms with Gasteiger partial charge in [0.25, 0.3) is 5.56 Å². The summed E-state index contributed by atoms with van der Waals surface area (Å²) in [7, 11) is 2.69. The molecule has 0 radical (unpaired) electrons. The van der Waals surface area contributed by atoms with E-state index in [9.17, 15) is 23.6 Å². The second-order valence-corrected chi connectivity index (χ2v) is 8.00. The van der Waals surface area contributed by atoms with Gasteiger partial charge in [0, 0.05) is 25.4 Å². The van der Waals surface area contributed by atoms with Gasteiger partial charge in [0.2, 0.25) is 5.91 Å². The average molecular weight is 459 g/mol. The topological polar surface area (TPSA) is 112 Å². The molecule has 0 aliphatic heterocycles. The van der Waals surface area contributed by atoms with E-state index in [1.165, 1.54) is 24.8 Å². The van der Waals surface area contributed by atoms with Crippen LogP contribution in [0.25, 0.3) is 5.82 Å². The van der Waals surface area contributed by atoms with Crippen molar-refractivity contribution in [2.45, 2.75) is 30.5 Å². The molecule has 2 aromatic rings. The van der Waals surface area contributed by atoms with Crippen LogP contribution in [0.4, 0.5) is 4.39 Å². The third kappa shape index (κ3) is 5.28. The Morgan fingerprint density at radius 2 is 2.03 bits per heavy atom.